The quantitative estimate of drug-likeness (QED) is 0.729. The van der Waals surface area contributed by atoms with Crippen LogP contribution in [0.5, 0.6) is 11.5 Å². The lowest BCUT2D eigenvalue weighted by Gasteiger charge is -2.32. The van der Waals surface area contributed by atoms with Crippen LogP contribution in [-0.2, 0) is 9.59 Å². The number of hydrogen-bond donors (Lipinski definition) is 1. The molecule has 30 heavy (non-hydrogen) atoms. The van der Waals surface area contributed by atoms with Crippen molar-refractivity contribution in [2.24, 2.45) is 0 Å². The van der Waals surface area contributed by atoms with E-state index in [1.54, 1.807) is 29.2 Å². The maximum absolute atomic E-state index is 12.4. The van der Waals surface area contributed by atoms with E-state index in [0.717, 1.165) is 16.9 Å². The predicted molar refractivity (Wildman–Crippen MR) is 116 cm³/mol. The lowest BCUT2D eigenvalue weighted by Crippen LogP contribution is -2.48. The van der Waals surface area contributed by atoms with Crippen LogP contribution in [0.4, 0.5) is 0 Å². The number of ether oxygens (including phenoxy) is 2. The molecule has 0 saturated carbocycles. The van der Waals surface area contributed by atoms with Crippen molar-refractivity contribution in [2.75, 3.05) is 26.3 Å². The summed E-state index contributed by atoms with van der Waals surface area (Å²) in [6.45, 7) is 5.16. The molecule has 3 rings (SSSR count). The van der Waals surface area contributed by atoms with Crippen molar-refractivity contribution in [3.05, 3.63) is 58.6 Å². The van der Waals surface area contributed by atoms with Gasteiger partial charge in [0.25, 0.3) is 11.8 Å². The summed E-state index contributed by atoms with van der Waals surface area (Å²) in [5, 5.41) is 3.59. The van der Waals surface area contributed by atoms with Crippen LogP contribution >= 0.6 is 11.6 Å². The molecule has 2 amide bonds. The van der Waals surface area contributed by atoms with E-state index in [1.807, 2.05) is 32.0 Å². The zero-order valence-corrected chi connectivity index (χ0v) is 18.1. The lowest BCUT2D eigenvalue weighted by atomic mass is 10.1. The third-order valence-electron chi connectivity index (χ3n) is 5.08. The molecule has 0 atom stereocenters. The molecule has 1 N–H and O–H groups in total. The minimum atomic E-state index is -0.173. The fourth-order valence-corrected chi connectivity index (χ4v) is 3.54. The van der Waals surface area contributed by atoms with Gasteiger partial charge < -0.3 is 19.7 Å². The average Bonchev–Trinajstić information content (AvgIpc) is 2.73. The highest BCUT2D eigenvalue weighted by Crippen LogP contribution is 2.19. The molecule has 6 nitrogen and oxygen atoms in total. The van der Waals surface area contributed by atoms with Crippen LogP contribution in [-0.4, -0.2) is 49.1 Å². The highest BCUT2D eigenvalue weighted by molar-refractivity contribution is 6.30. The second-order valence-corrected chi connectivity index (χ2v) is 7.96. The summed E-state index contributed by atoms with van der Waals surface area (Å²) in [5.41, 5.74) is 2.18. The largest absolute Gasteiger partial charge is 0.484 e. The van der Waals surface area contributed by atoms with Gasteiger partial charge in [0.2, 0.25) is 0 Å². The summed E-state index contributed by atoms with van der Waals surface area (Å²) in [4.78, 5) is 26.4. The molecule has 0 bridgehead atoms. The van der Waals surface area contributed by atoms with Crippen LogP contribution in [0.15, 0.2) is 42.5 Å². The number of nitrogens with one attached hydrogen (secondary N) is 1. The number of amides is 2. The van der Waals surface area contributed by atoms with E-state index in [-0.39, 0.29) is 31.1 Å². The summed E-state index contributed by atoms with van der Waals surface area (Å²) in [6.07, 6.45) is 1.42. The summed E-state index contributed by atoms with van der Waals surface area (Å²) >= 11 is 5.83. The van der Waals surface area contributed by atoms with Gasteiger partial charge in [-0.1, -0.05) is 29.3 Å². The smallest absolute Gasteiger partial charge is 0.260 e. The van der Waals surface area contributed by atoms with Crippen LogP contribution in [0.1, 0.15) is 24.0 Å². The zero-order chi connectivity index (χ0) is 21.5. The summed E-state index contributed by atoms with van der Waals surface area (Å²) in [5.74, 6) is 1.12. The van der Waals surface area contributed by atoms with E-state index in [1.165, 1.54) is 0 Å². The minimum Gasteiger partial charge on any atom is -0.484 e. The van der Waals surface area contributed by atoms with Crippen LogP contribution in [0.25, 0.3) is 0 Å². The second-order valence-electron chi connectivity index (χ2n) is 7.52. The Balaban J connectivity index is 1.36. The van der Waals surface area contributed by atoms with Crippen molar-refractivity contribution in [3.8, 4) is 11.5 Å². The molecular formula is C23H27ClN2O4. The van der Waals surface area contributed by atoms with Gasteiger partial charge >= 0.3 is 0 Å². The molecule has 0 aromatic heterocycles. The van der Waals surface area contributed by atoms with Crippen LogP contribution < -0.4 is 14.8 Å². The Morgan fingerprint density at radius 3 is 2.40 bits per heavy atom. The Hall–Kier alpha value is -2.73. The molecule has 1 heterocycles. The first-order valence-electron chi connectivity index (χ1n) is 10.1. The number of carbonyl (C=O) groups is 2. The van der Waals surface area contributed by atoms with Crippen LogP contribution in [0.3, 0.4) is 0 Å². The highest BCUT2D eigenvalue weighted by atomic mass is 35.5. The highest BCUT2D eigenvalue weighted by Gasteiger charge is 2.24. The predicted octanol–water partition coefficient (Wildman–Crippen LogP) is 3.52. The molecule has 1 saturated heterocycles. The van der Waals surface area contributed by atoms with Crippen molar-refractivity contribution < 1.29 is 19.1 Å². The Morgan fingerprint density at radius 2 is 1.73 bits per heavy atom. The SMILES string of the molecule is Cc1ccc(OCC(=O)N2CCC(NC(=O)COc3ccc(Cl)cc3)CC2)c(C)c1. The van der Waals surface area contributed by atoms with Gasteiger partial charge in [-0.05, 0) is 62.6 Å². The van der Waals surface area contributed by atoms with Crippen molar-refractivity contribution in [1.82, 2.24) is 10.2 Å². The van der Waals surface area contributed by atoms with Crippen molar-refractivity contribution >= 4 is 23.4 Å². The van der Waals surface area contributed by atoms with E-state index in [9.17, 15) is 9.59 Å². The molecule has 0 unspecified atom stereocenters. The minimum absolute atomic E-state index is 0.0237. The molecule has 2 aromatic carbocycles. The first-order chi connectivity index (χ1) is 14.4. The molecule has 1 aliphatic rings. The Morgan fingerprint density at radius 1 is 1.03 bits per heavy atom. The van der Waals surface area contributed by atoms with E-state index in [0.29, 0.717) is 36.7 Å². The van der Waals surface area contributed by atoms with Crippen molar-refractivity contribution in [1.29, 1.82) is 0 Å². The molecule has 0 radical (unpaired) electrons. The number of nitrogens with zero attached hydrogens (tertiary/aromatic N) is 1. The van der Waals surface area contributed by atoms with Crippen LogP contribution in [0, 0.1) is 13.8 Å². The monoisotopic (exact) mass is 430 g/mol. The van der Waals surface area contributed by atoms with E-state index < -0.39 is 0 Å². The Labute approximate surface area is 182 Å². The normalized spacial score (nSPS) is 14.3. The molecule has 2 aromatic rings. The molecular weight excluding hydrogens is 404 g/mol. The molecule has 0 aliphatic carbocycles. The van der Waals surface area contributed by atoms with Gasteiger partial charge in [0, 0.05) is 24.2 Å². The average molecular weight is 431 g/mol. The van der Waals surface area contributed by atoms with Gasteiger partial charge in [0.15, 0.2) is 13.2 Å². The van der Waals surface area contributed by atoms with Crippen molar-refractivity contribution in [3.63, 3.8) is 0 Å². The van der Waals surface area contributed by atoms with E-state index >= 15 is 0 Å². The third-order valence-corrected chi connectivity index (χ3v) is 5.33. The first-order valence-corrected chi connectivity index (χ1v) is 10.4. The number of carbonyl (C=O) groups excluding carboxylic acids is 2. The number of aryl methyl sites for hydroxylation is 2. The summed E-state index contributed by atoms with van der Waals surface area (Å²) in [6, 6.07) is 12.8. The molecule has 0 spiro atoms. The maximum atomic E-state index is 12.4. The van der Waals surface area contributed by atoms with Gasteiger partial charge in [-0.2, -0.15) is 0 Å². The first kappa shape index (κ1) is 22.0. The number of piperidine rings is 1. The molecule has 160 valence electrons. The zero-order valence-electron chi connectivity index (χ0n) is 17.3. The fourth-order valence-electron chi connectivity index (χ4n) is 3.41. The Bertz CT molecular complexity index is 877. The van der Waals surface area contributed by atoms with E-state index in [4.69, 9.17) is 21.1 Å². The van der Waals surface area contributed by atoms with Crippen molar-refractivity contribution in [2.45, 2.75) is 32.7 Å². The second kappa shape index (κ2) is 10.3. The summed E-state index contributed by atoms with van der Waals surface area (Å²) < 4.78 is 11.2. The number of rotatable bonds is 7. The fraction of sp³-hybridized carbons (Fsp3) is 0.391. The topological polar surface area (TPSA) is 67.9 Å². The number of hydrogen-bond acceptors (Lipinski definition) is 4. The van der Waals surface area contributed by atoms with Gasteiger partial charge in [0.05, 0.1) is 0 Å². The lowest BCUT2D eigenvalue weighted by molar-refractivity contribution is -0.134. The van der Waals surface area contributed by atoms with Gasteiger partial charge in [-0.3, -0.25) is 9.59 Å². The number of halogens is 1. The molecule has 7 heteroatoms. The number of likely N-dealkylation sites (tertiary alicyclic amines) is 1. The van der Waals surface area contributed by atoms with E-state index in [2.05, 4.69) is 5.32 Å². The van der Waals surface area contributed by atoms with Gasteiger partial charge in [0.1, 0.15) is 11.5 Å². The summed E-state index contributed by atoms with van der Waals surface area (Å²) in [7, 11) is 0. The van der Waals surface area contributed by atoms with Gasteiger partial charge in [-0.25, -0.2) is 0 Å². The van der Waals surface area contributed by atoms with Crippen LogP contribution in [0.2, 0.25) is 5.02 Å². The van der Waals surface area contributed by atoms with Gasteiger partial charge in [-0.15, -0.1) is 0 Å². The third kappa shape index (κ3) is 6.39. The number of benzene rings is 2. The Kier molecular flexibility index (Phi) is 7.57. The standard InChI is InChI=1S/C23H27ClN2O4/c1-16-3-8-21(17(2)13-16)30-15-23(28)26-11-9-19(10-12-26)25-22(27)14-29-20-6-4-18(24)5-7-20/h3-8,13,19H,9-12,14-15H2,1-2H3,(H,25,27). The molecule has 1 fully saturated rings. The maximum Gasteiger partial charge on any atom is 0.260 e. The molecule has 1 aliphatic heterocycles.